The van der Waals surface area contributed by atoms with Gasteiger partial charge in [-0.05, 0) is 39.1 Å². The van der Waals surface area contributed by atoms with Crippen LogP contribution in [0.15, 0.2) is 35.2 Å². The number of allylic oxidation sites excluding steroid dienone is 3. The van der Waals surface area contributed by atoms with Gasteiger partial charge in [-0.25, -0.2) is 9.38 Å². The molecule has 0 amide bonds. The fraction of sp³-hybridized carbons (Fsp3) is 0.412. The van der Waals surface area contributed by atoms with Crippen LogP contribution < -0.4 is 0 Å². The first kappa shape index (κ1) is 21.5. The molecule has 7 nitrogen and oxygen atoms in total. The average Bonchev–Trinajstić information content (AvgIpc) is 3.01. The van der Waals surface area contributed by atoms with Gasteiger partial charge in [0.2, 0.25) is 0 Å². The molecule has 2 aromatic rings. The molecule has 152 valence electrons. The molecular formula is C17H19F4N5O2. The summed E-state index contributed by atoms with van der Waals surface area (Å²) in [7, 11) is 1.50. The number of aliphatic imine (C=N–C) groups is 1. The fourth-order valence-corrected chi connectivity index (χ4v) is 2.06. The number of methoxy groups -OCH3 is 1. The monoisotopic (exact) mass is 401 g/mol. The second kappa shape index (κ2) is 8.05. The molecule has 0 aromatic carbocycles. The number of halogens is 4. The Kier molecular flexibility index (Phi) is 6.17. The smallest absolute Gasteiger partial charge is 0.427 e. The Bertz CT molecular complexity index is 931. The molecule has 0 spiro atoms. The van der Waals surface area contributed by atoms with E-state index in [9.17, 15) is 17.6 Å². The summed E-state index contributed by atoms with van der Waals surface area (Å²) in [5.74, 6) is -1.48. The maximum Gasteiger partial charge on any atom is 0.427 e. The van der Waals surface area contributed by atoms with E-state index in [1.807, 2.05) is 0 Å². The Morgan fingerprint density at radius 1 is 1.32 bits per heavy atom. The lowest BCUT2D eigenvalue weighted by Gasteiger charge is -2.28. The van der Waals surface area contributed by atoms with E-state index in [1.165, 1.54) is 20.2 Å². The van der Waals surface area contributed by atoms with E-state index in [0.717, 1.165) is 19.9 Å². The van der Waals surface area contributed by atoms with Crippen molar-refractivity contribution in [3.8, 4) is 0 Å². The van der Waals surface area contributed by atoms with Gasteiger partial charge in [-0.2, -0.15) is 13.2 Å². The maximum atomic E-state index is 14.5. The second-order valence-corrected chi connectivity index (χ2v) is 6.30. The van der Waals surface area contributed by atoms with Gasteiger partial charge in [-0.3, -0.25) is 9.38 Å². The van der Waals surface area contributed by atoms with E-state index in [-0.39, 0.29) is 6.61 Å². The molecule has 2 rings (SSSR count). The molecule has 28 heavy (non-hydrogen) atoms. The van der Waals surface area contributed by atoms with Crippen molar-refractivity contribution >= 4 is 17.9 Å². The normalized spacial score (nSPS) is 14.2. The first-order valence-electron chi connectivity index (χ1n) is 7.99. The molecule has 0 saturated heterocycles. The van der Waals surface area contributed by atoms with E-state index in [4.69, 9.17) is 9.47 Å². The molecular weight excluding hydrogens is 382 g/mol. The van der Waals surface area contributed by atoms with Gasteiger partial charge in [0.25, 0.3) is 5.88 Å². The highest BCUT2D eigenvalue weighted by Gasteiger charge is 2.50. The van der Waals surface area contributed by atoms with Gasteiger partial charge in [0.15, 0.2) is 22.9 Å². The van der Waals surface area contributed by atoms with Gasteiger partial charge in [-0.15, -0.1) is 10.2 Å². The molecule has 0 aliphatic heterocycles. The zero-order valence-corrected chi connectivity index (χ0v) is 15.7. The van der Waals surface area contributed by atoms with Crippen LogP contribution in [0.2, 0.25) is 0 Å². The number of ether oxygens (including phenoxy) is 2. The average molecular weight is 401 g/mol. The van der Waals surface area contributed by atoms with Crippen molar-refractivity contribution < 1.29 is 27.0 Å². The predicted octanol–water partition coefficient (Wildman–Crippen LogP) is 3.87. The van der Waals surface area contributed by atoms with Gasteiger partial charge in [0, 0.05) is 13.3 Å². The van der Waals surface area contributed by atoms with Crippen LogP contribution in [0.5, 0.6) is 0 Å². The summed E-state index contributed by atoms with van der Waals surface area (Å²) in [5.41, 5.74) is -1.52. The summed E-state index contributed by atoms with van der Waals surface area (Å²) >= 11 is 0. The largest absolute Gasteiger partial charge is 0.460 e. The lowest BCUT2D eigenvalue weighted by molar-refractivity contribution is -0.252. The quantitative estimate of drug-likeness (QED) is 0.305. The van der Waals surface area contributed by atoms with Crippen LogP contribution in [0.3, 0.4) is 0 Å². The van der Waals surface area contributed by atoms with Crippen molar-refractivity contribution in [2.24, 2.45) is 4.99 Å². The predicted molar refractivity (Wildman–Crippen MR) is 94.0 cm³/mol. The van der Waals surface area contributed by atoms with Crippen LogP contribution in [-0.4, -0.2) is 45.2 Å². The molecule has 0 aliphatic carbocycles. The van der Waals surface area contributed by atoms with Gasteiger partial charge in [-0.1, -0.05) is 0 Å². The summed E-state index contributed by atoms with van der Waals surface area (Å²) in [6.45, 7) is 6.34. The Morgan fingerprint density at radius 2 is 2.00 bits per heavy atom. The third-order valence-electron chi connectivity index (χ3n) is 3.77. The third-order valence-corrected chi connectivity index (χ3v) is 3.77. The standard InChI is InChI=1S/C17H19F4N5O2/c1-10(6-11(18)15(22-4)28-16(2,3)17(19,20)21)12-8-26-13(7-23-12)24-25-14(26)9-27-5/h6-8H,4,9H2,1-3,5H3/b10-6+,15-11-. The van der Waals surface area contributed by atoms with Crippen molar-refractivity contribution in [3.05, 3.63) is 41.7 Å². The van der Waals surface area contributed by atoms with Crippen LogP contribution in [0.4, 0.5) is 17.6 Å². The molecule has 0 N–H and O–H groups in total. The zero-order chi connectivity index (χ0) is 21.1. The van der Waals surface area contributed by atoms with Crippen LogP contribution in [0.1, 0.15) is 32.3 Å². The summed E-state index contributed by atoms with van der Waals surface area (Å²) in [4.78, 5) is 7.38. The Balaban J connectivity index is 2.39. The SMILES string of the molecule is C=N/C(OC(C)(C)C(F)(F)F)=C(F)\C=C(/C)c1cn2c(COC)nnc2cn1. The topological polar surface area (TPSA) is 73.9 Å². The molecule has 2 aromatic heterocycles. The van der Waals surface area contributed by atoms with Gasteiger partial charge in [0.05, 0.1) is 11.9 Å². The molecule has 0 radical (unpaired) electrons. The van der Waals surface area contributed by atoms with E-state index in [0.29, 0.717) is 22.7 Å². The molecule has 0 unspecified atom stereocenters. The van der Waals surface area contributed by atoms with E-state index in [1.54, 1.807) is 10.6 Å². The summed E-state index contributed by atoms with van der Waals surface area (Å²) < 4.78 is 64.7. The van der Waals surface area contributed by atoms with Gasteiger partial charge in [0.1, 0.15) is 6.61 Å². The second-order valence-electron chi connectivity index (χ2n) is 6.30. The Morgan fingerprint density at radius 3 is 2.57 bits per heavy atom. The fourth-order valence-electron chi connectivity index (χ4n) is 2.06. The molecule has 0 atom stereocenters. The number of aromatic nitrogens is 4. The van der Waals surface area contributed by atoms with E-state index in [2.05, 4.69) is 26.9 Å². The number of alkyl halides is 3. The van der Waals surface area contributed by atoms with Crippen LogP contribution in [-0.2, 0) is 16.1 Å². The lowest BCUT2D eigenvalue weighted by Crippen LogP contribution is -2.41. The lowest BCUT2D eigenvalue weighted by atomic mass is 10.1. The first-order chi connectivity index (χ1) is 13.0. The van der Waals surface area contributed by atoms with Crippen molar-refractivity contribution in [3.63, 3.8) is 0 Å². The van der Waals surface area contributed by atoms with Crippen LogP contribution in [0.25, 0.3) is 11.2 Å². The molecule has 0 fully saturated rings. The minimum absolute atomic E-state index is 0.201. The van der Waals surface area contributed by atoms with Crippen molar-refractivity contribution in [2.75, 3.05) is 7.11 Å². The van der Waals surface area contributed by atoms with Gasteiger partial charge < -0.3 is 9.47 Å². The van der Waals surface area contributed by atoms with E-state index < -0.39 is 23.5 Å². The number of fused-ring (bicyclic) bond motifs is 1. The summed E-state index contributed by atoms with van der Waals surface area (Å²) in [6.07, 6.45) is -0.771. The molecule has 0 saturated carbocycles. The molecule has 2 heterocycles. The summed E-state index contributed by atoms with van der Waals surface area (Å²) in [5, 5.41) is 7.87. The highest BCUT2D eigenvalue weighted by Crippen LogP contribution is 2.35. The molecule has 11 heteroatoms. The minimum Gasteiger partial charge on any atom is -0.460 e. The highest BCUT2D eigenvalue weighted by molar-refractivity contribution is 5.63. The Labute approximate surface area is 158 Å². The van der Waals surface area contributed by atoms with Crippen LogP contribution in [0, 0.1) is 0 Å². The van der Waals surface area contributed by atoms with Crippen molar-refractivity contribution in [2.45, 2.75) is 39.2 Å². The number of nitrogens with zero attached hydrogens (tertiary/aromatic N) is 5. The molecule has 0 aliphatic rings. The minimum atomic E-state index is -4.72. The van der Waals surface area contributed by atoms with Gasteiger partial charge >= 0.3 is 6.18 Å². The maximum absolute atomic E-state index is 14.5. The Hall–Kier alpha value is -2.82. The van der Waals surface area contributed by atoms with E-state index >= 15 is 0 Å². The number of hydrogen-bond donors (Lipinski definition) is 0. The van der Waals surface area contributed by atoms with Crippen molar-refractivity contribution in [1.82, 2.24) is 19.6 Å². The summed E-state index contributed by atoms with van der Waals surface area (Å²) in [6, 6.07) is 0. The highest BCUT2D eigenvalue weighted by atomic mass is 19.4. The number of rotatable bonds is 7. The van der Waals surface area contributed by atoms with Crippen LogP contribution >= 0.6 is 0 Å². The first-order valence-corrected chi connectivity index (χ1v) is 7.99. The molecule has 0 bridgehead atoms. The third kappa shape index (κ3) is 4.53. The van der Waals surface area contributed by atoms with Crippen molar-refractivity contribution in [1.29, 1.82) is 0 Å². The zero-order valence-electron chi connectivity index (χ0n) is 15.7. The number of hydrogen-bond acceptors (Lipinski definition) is 6.